The van der Waals surface area contributed by atoms with Gasteiger partial charge in [-0.25, -0.2) is 17.9 Å². The fraction of sp³-hybridized carbons (Fsp3) is 0.500. The van der Waals surface area contributed by atoms with Crippen LogP contribution in [-0.4, -0.2) is 39.5 Å². The third-order valence-electron chi connectivity index (χ3n) is 3.44. The highest BCUT2D eigenvalue weighted by Crippen LogP contribution is 2.22. The van der Waals surface area contributed by atoms with E-state index in [-0.39, 0.29) is 12.3 Å². The number of anilines is 1. The number of carbonyl (C=O) groups excluding carboxylic acids is 1. The van der Waals surface area contributed by atoms with Crippen LogP contribution in [0.4, 0.5) is 10.5 Å². The lowest BCUT2D eigenvalue weighted by atomic mass is 10.1. The third kappa shape index (κ3) is 3.95. The zero-order valence-corrected chi connectivity index (χ0v) is 13.0. The quantitative estimate of drug-likeness (QED) is 0.864. The number of ether oxygens (including phenoxy) is 1. The van der Waals surface area contributed by atoms with E-state index in [9.17, 15) is 13.2 Å². The number of cyclic esters (lactones) is 1. The summed E-state index contributed by atoms with van der Waals surface area (Å²) in [5.41, 5.74) is 1.96. The maximum absolute atomic E-state index is 11.9. The van der Waals surface area contributed by atoms with Crippen LogP contribution in [0.3, 0.4) is 0 Å². The van der Waals surface area contributed by atoms with Crippen LogP contribution in [0.2, 0.25) is 0 Å². The van der Waals surface area contributed by atoms with Crippen LogP contribution in [0, 0.1) is 0 Å². The van der Waals surface area contributed by atoms with Crippen molar-refractivity contribution in [2.45, 2.75) is 26.4 Å². The molecule has 2 rings (SSSR count). The van der Waals surface area contributed by atoms with E-state index in [1.165, 1.54) is 10.5 Å². The predicted molar refractivity (Wildman–Crippen MR) is 80.9 cm³/mol. The molecule has 1 unspecified atom stereocenters. The summed E-state index contributed by atoms with van der Waals surface area (Å²) in [6.45, 7) is 4.07. The molecule has 0 aliphatic carbocycles. The molecule has 1 aliphatic rings. The summed E-state index contributed by atoms with van der Waals surface area (Å²) in [4.78, 5) is 13.4. The van der Waals surface area contributed by atoms with Gasteiger partial charge in [-0.3, -0.25) is 4.90 Å². The van der Waals surface area contributed by atoms with Gasteiger partial charge in [0.05, 0.1) is 12.3 Å². The summed E-state index contributed by atoms with van der Waals surface area (Å²) in [6, 6.07) is 7.68. The van der Waals surface area contributed by atoms with Crippen LogP contribution < -0.4 is 9.62 Å². The Morgan fingerprint density at radius 1 is 1.29 bits per heavy atom. The number of nitrogens with one attached hydrogen (secondary N) is 1. The highest BCUT2D eigenvalue weighted by Gasteiger charge is 2.32. The summed E-state index contributed by atoms with van der Waals surface area (Å²) >= 11 is 0. The second-order valence-corrected chi connectivity index (χ2v) is 6.98. The Morgan fingerprint density at radius 3 is 2.52 bits per heavy atom. The summed E-state index contributed by atoms with van der Waals surface area (Å²) < 4.78 is 30.4. The van der Waals surface area contributed by atoms with Gasteiger partial charge in [0.25, 0.3) is 0 Å². The molecular weight excluding hydrogens is 292 g/mol. The molecule has 6 nitrogen and oxygen atoms in total. The minimum Gasteiger partial charge on any atom is -0.443 e. The van der Waals surface area contributed by atoms with Crippen molar-refractivity contribution in [1.29, 1.82) is 0 Å². The molecule has 0 aromatic heterocycles. The number of rotatable bonds is 6. The Kier molecular flexibility index (Phi) is 4.84. The van der Waals surface area contributed by atoms with Gasteiger partial charge in [0.1, 0.15) is 6.10 Å². The van der Waals surface area contributed by atoms with Gasteiger partial charge in [0.15, 0.2) is 0 Å². The molecule has 1 aliphatic heterocycles. The normalized spacial score (nSPS) is 18.9. The number of aryl methyl sites for hydroxylation is 1. The molecule has 0 spiro atoms. The van der Waals surface area contributed by atoms with Gasteiger partial charge in [-0.05, 0) is 31.0 Å². The highest BCUT2D eigenvalue weighted by molar-refractivity contribution is 7.89. The predicted octanol–water partition coefficient (Wildman–Crippen LogP) is 1.51. The summed E-state index contributed by atoms with van der Waals surface area (Å²) in [5.74, 6) is 0.00978. The first kappa shape index (κ1) is 15.8. The van der Waals surface area contributed by atoms with E-state index in [0.717, 1.165) is 12.1 Å². The number of hydrogen-bond donors (Lipinski definition) is 1. The maximum Gasteiger partial charge on any atom is 0.414 e. The van der Waals surface area contributed by atoms with Crippen LogP contribution >= 0.6 is 0 Å². The molecule has 1 heterocycles. The minimum atomic E-state index is -3.28. The monoisotopic (exact) mass is 312 g/mol. The second kappa shape index (κ2) is 6.44. The first-order valence-electron chi connectivity index (χ1n) is 6.99. The fourth-order valence-corrected chi connectivity index (χ4v) is 2.72. The van der Waals surface area contributed by atoms with Crippen molar-refractivity contribution in [2.24, 2.45) is 0 Å². The van der Waals surface area contributed by atoms with Gasteiger partial charge in [-0.2, -0.15) is 0 Å². The first-order valence-corrected chi connectivity index (χ1v) is 8.64. The Bertz CT molecular complexity index is 598. The van der Waals surface area contributed by atoms with Gasteiger partial charge < -0.3 is 4.74 Å². The molecule has 0 bridgehead atoms. The van der Waals surface area contributed by atoms with E-state index >= 15 is 0 Å². The number of carbonyl (C=O) groups is 1. The number of sulfonamides is 1. The van der Waals surface area contributed by atoms with Crippen molar-refractivity contribution < 1.29 is 17.9 Å². The topological polar surface area (TPSA) is 75.7 Å². The van der Waals surface area contributed by atoms with E-state index in [1.54, 1.807) is 6.92 Å². The molecule has 21 heavy (non-hydrogen) atoms. The number of nitrogens with zero attached hydrogens (tertiary/aromatic N) is 1. The van der Waals surface area contributed by atoms with E-state index in [1.807, 2.05) is 24.3 Å². The Morgan fingerprint density at radius 2 is 1.95 bits per heavy atom. The number of benzene rings is 1. The molecule has 1 aromatic carbocycles. The largest absolute Gasteiger partial charge is 0.443 e. The molecule has 1 fully saturated rings. The van der Waals surface area contributed by atoms with E-state index in [0.29, 0.717) is 6.54 Å². The molecular formula is C14H20N2O4S. The van der Waals surface area contributed by atoms with Crippen molar-refractivity contribution in [2.75, 3.05) is 23.7 Å². The lowest BCUT2D eigenvalue weighted by molar-refractivity contribution is 0.143. The Hall–Kier alpha value is -1.60. The third-order valence-corrected chi connectivity index (χ3v) is 4.81. The van der Waals surface area contributed by atoms with Crippen LogP contribution in [0.1, 0.15) is 19.4 Å². The van der Waals surface area contributed by atoms with Gasteiger partial charge >= 0.3 is 6.09 Å². The van der Waals surface area contributed by atoms with Crippen molar-refractivity contribution >= 4 is 21.8 Å². The molecule has 1 aromatic rings. The zero-order valence-electron chi connectivity index (χ0n) is 12.2. The first-order chi connectivity index (χ1) is 9.95. The summed E-state index contributed by atoms with van der Waals surface area (Å²) in [6.07, 6.45) is 0.0243. The van der Waals surface area contributed by atoms with Gasteiger partial charge in [0.2, 0.25) is 10.0 Å². The lowest BCUT2D eigenvalue weighted by Crippen LogP contribution is -2.35. The van der Waals surface area contributed by atoms with Gasteiger partial charge in [-0.15, -0.1) is 0 Å². The highest BCUT2D eigenvalue weighted by atomic mass is 32.2. The average molecular weight is 312 g/mol. The van der Waals surface area contributed by atoms with Crippen molar-refractivity contribution in [3.05, 3.63) is 29.8 Å². The molecule has 1 N–H and O–H groups in total. The van der Waals surface area contributed by atoms with E-state index in [2.05, 4.69) is 11.6 Å². The average Bonchev–Trinajstić information content (AvgIpc) is 2.86. The summed E-state index contributed by atoms with van der Waals surface area (Å²) in [5, 5.41) is 0. The molecule has 1 amide bonds. The molecule has 0 radical (unpaired) electrons. The lowest BCUT2D eigenvalue weighted by Gasteiger charge is -2.13. The summed E-state index contributed by atoms with van der Waals surface area (Å²) in [7, 11) is -3.28. The van der Waals surface area contributed by atoms with Gasteiger partial charge in [0, 0.05) is 12.2 Å². The van der Waals surface area contributed by atoms with E-state index in [4.69, 9.17) is 4.74 Å². The van der Waals surface area contributed by atoms with Crippen LogP contribution in [-0.2, 0) is 21.2 Å². The second-order valence-electron chi connectivity index (χ2n) is 4.89. The standard InChI is InChI=1S/C14H20N2O4S/c1-3-11-5-7-12(8-6-11)16-10-13(20-14(16)17)9-15-21(18,19)4-2/h5-8,13,15H,3-4,9-10H2,1-2H3. The Labute approximate surface area is 125 Å². The van der Waals surface area contributed by atoms with Crippen molar-refractivity contribution in [1.82, 2.24) is 4.72 Å². The number of hydrogen-bond acceptors (Lipinski definition) is 4. The number of amides is 1. The fourth-order valence-electron chi connectivity index (χ4n) is 2.07. The van der Waals surface area contributed by atoms with E-state index < -0.39 is 22.2 Å². The molecule has 1 saturated heterocycles. The van der Waals surface area contributed by atoms with Crippen LogP contribution in [0.5, 0.6) is 0 Å². The molecule has 7 heteroatoms. The van der Waals surface area contributed by atoms with Gasteiger partial charge in [-0.1, -0.05) is 19.1 Å². The molecule has 1 atom stereocenters. The minimum absolute atomic E-state index is 0.00978. The zero-order chi connectivity index (χ0) is 15.5. The SMILES string of the molecule is CCc1ccc(N2CC(CNS(=O)(=O)CC)OC2=O)cc1. The smallest absolute Gasteiger partial charge is 0.414 e. The van der Waals surface area contributed by atoms with Crippen LogP contribution in [0.25, 0.3) is 0 Å². The van der Waals surface area contributed by atoms with Crippen LogP contribution in [0.15, 0.2) is 24.3 Å². The van der Waals surface area contributed by atoms with Crippen molar-refractivity contribution in [3.63, 3.8) is 0 Å². The molecule has 116 valence electrons. The van der Waals surface area contributed by atoms with Crippen molar-refractivity contribution in [3.8, 4) is 0 Å². The maximum atomic E-state index is 11.9. The molecule has 0 saturated carbocycles. The Balaban J connectivity index is 1.99.